The molecule has 0 aromatic heterocycles. The van der Waals surface area contributed by atoms with E-state index >= 15 is 0 Å². The van der Waals surface area contributed by atoms with Crippen LogP contribution in [0, 0.1) is 11.6 Å². The largest absolute Gasteiger partial charge is 0.493 e. The van der Waals surface area contributed by atoms with Gasteiger partial charge in [-0.15, -0.1) is 0 Å². The van der Waals surface area contributed by atoms with E-state index in [-0.39, 0.29) is 12.1 Å². The van der Waals surface area contributed by atoms with Crippen molar-refractivity contribution in [2.24, 2.45) is 0 Å². The minimum Gasteiger partial charge on any atom is -0.493 e. The van der Waals surface area contributed by atoms with E-state index < -0.39 is 23.6 Å². The average Bonchev–Trinajstić information content (AvgIpc) is 2.64. The van der Waals surface area contributed by atoms with E-state index in [4.69, 9.17) is 29.3 Å². The molecule has 0 amide bonds. The monoisotopic (exact) mass is 383 g/mol. The quantitative estimate of drug-likeness (QED) is 0.658. The molecule has 2 aromatic carbocycles. The maximum atomic E-state index is 13.5. The van der Waals surface area contributed by atoms with Crippen molar-refractivity contribution in [3.05, 3.63) is 59.2 Å². The molecule has 3 N–H and O–H groups in total. The number of benzene rings is 2. The molecule has 0 radical (unpaired) electrons. The van der Waals surface area contributed by atoms with Gasteiger partial charge in [-0.1, -0.05) is 12.1 Å². The minimum atomic E-state index is -1.82. The molecule has 0 heterocycles. The Labute approximate surface area is 154 Å². The second kappa shape index (κ2) is 10.7. The van der Waals surface area contributed by atoms with Crippen LogP contribution >= 0.6 is 0 Å². The smallest absolute Gasteiger partial charge is 0.414 e. The third-order valence-electron chi connectivity index (χ3n) is 3.32. The number of carboxylic acids is 2. The van der Waals surface area contributed by atoms with E-state index in [2.05, 4.69) is 5.32 Å². The SMILES string of the molecule is COc1ccc(CNCc2c(F)cccc2F)cc1OC.O=C(O)C(=O)O. The van der Waals surface area contributed by atoms with Crippen LogP contribution in [-0.2, 0) is 22.7 Å². The van der Waals surface area contributed by atoms with Crippen molar-refractivity contribution in [3.63, 3.8) is 0 Å². The number of rotatable bonds is 6. The van der Waals surface area contributed by atoms with Crippen molar-refractivity contribution in [1.82, 2.24) is 5.32 Å². The Morgan fingerprint density at radius 3 is 1.96 bits per heavy atom. The third kappa shape index (κ3) is 6.90. The summed E-state index contributed by atoms with van der Waals surface area (Å²) in [6.07, 6.45) is 0. The van der Waals surface area contributed by atoms with Gasteiger partial charge in [-0.05, 0) is 29.8 Å². The molecular weight excluding hydrogens is 364 g/mol. The molecule has 0 aliphatic carbocycles. The van der Waals surface area contributed by atoms with Crippen LogP contribution in [0.3, 0.4) is 0 Å². The van der Waals surface area contributed by atoms with Crippen LogP contribution in [0.2, 0.25) is 0 Å². The molecular formula is C18H19F2NO6. The highest BCUT2D eigenvalue weighted by atomic mass is 19.1. The molecule has 0 bridgehead atoms. The number of halogens is 2. The molecule has 2 aromatic rings. The number of carboxylic acid groups (broad SMARTS) is 2. The van der Waals surface area contributed by atoms with Gasteiger partial charge >= 0.3 is 11.9 Å². The van der Waals surface area contributed by atoms with E-state index in [0.717, 1.165) is 5.56 Å². The summed E-state index contributed by atoms with van der Waals surface area (Å²) in [5.41, 5.74) is 0.974. The van der Waals surface area contributed by atoms with Gasteiger partial charge < -0.3 is 25.0 Å². The van der Waals surface area contributed by atoms with E-state index in [1.807, 2.05) is 12.1 Å². The number of hydrogen-bond acceptors (Lipinski definition) is 5. The van der Waals surface area contributed by atoms with Crippen LogP contribution in [0.25, 0.3) is 0 Å². The fraction of sp³-hybridized carbons (Fsp3) is 0.222. The van der Waals surface area contributed by atoms with Crippen molar-refractivity contribution < 1.29 is 38.1 Å². The Bertz CT molecular complexity index is 765. The van der Waals surface area contributed by atoms with Gasteiger partial charge in [-0.25, -0.2) is 18.4 Å². The zero-order chi connectivity index (χ0) is 20.4. The van der Waals surface area contributed by atoms with Crippen LogP contribution in [0.5, 0.6) is 11.5 Å². The van der Waals surface area contributed by atoms with Gasteiger partial charge in [0.05, 0.1) is 14.2 Å². The molecule has 2 rings (SSSR count). The molecule has 146 valence electrons. The lowest BCUT2D eigenvalue weighted by Gasteiger charge is -2.11. The first kappa shape index (κ1) is 21.8. The van der Waals surface area contributed by atoms with Crippen molar-refractivity contribution in [3.8, 4) is 11.5 Å². The maximum absolute atomic E-state index is 13.5. The van der Waals surface area contributed by atoms with Crippen LogP contribution in [0.1, 0.15) is 11.1 Å². The Hall–Kier alpha value is -3.20. The summed E-state index contributed by atoms with van der Waals surface area (Å²) in [4.78, 5) is 18.2. The van der Waals surface area contributed by atoms with Crippen LogP contribution < -0.4 is 14.8 Å². The van der Waals surface area contributed by atoms with Gasteiger partial charge in [-0.3, -0.25) is 0 Å². The third-order valence-corrected chi connectivity index (χ3v) is 3.32. The summed E-state index contributed by atoms with van der Waals surface area (Å²) in [7, 11) is 3.13. The van der Waals surface area contributed by atoms with Crippen LogP contribution in [0.4, 0.5) is 8.78 Å². The zero-order valence-electron chi connectivity index (χ0n) is 14.7. The zero-order valence-corrected chi connectivity index (χ0v) is 14.7. The second-order valence-corrected chi connectivity index (χ2v) is 5.10. The molecule has 9 heteroatoms. The molecule has 0 aliphatic heterocycles. The number of methoxy groups -OCH3 is 2. The topological polar surface area (TPSA) is 105 Å². The summed E-state index contributed by atoms with van der Waals surface area (Å²) in [5.74, 6) is -3.48. The molecule has 7 nitrogen and oxygen atoms in total. The van der Waals surface area contributed by atoms with E-state index in [9.17, 15) is 8.78 Å². The number of aliphatic carboxylic acids is 2. The Morgan fingerprint density at radius 2 is 1.48 bits per heavy atom. The lowest BCUT2D eigenvalue weighted by atomic mass is 10.1. The molecule has 0 saturated carbocycles. The fourth-order valence-corrected chi connectivity index (χ4v) is 2.02. The van der Waals surface area contributed by atoms with Crippen molar-refractivity contribution in [1.29, 1.82) is 0 Å². The van der Waals surface area contributed by atoms with E-state index in [1.165, 1.54) is 18.2 Å². The summed E-state index contributed by atoms with van der Waals surface area (Å²) in [6.45, 7) is 0.584. The van der Waals surface area contributed by atoms with Crippen LogP contribution in [-0.4, -0.2) is 36.4 Å². The van der Waals surface area contributed by atoms with E-state index in [1.54, 1.807) is 20.3 Å². The lowest BCUT2D eigenvalue weighted by Crippen LogP contribution is -2.15. The highest BCUT2D eigenvalue weighted by Gasteiger charge is 2.08. The number of nitrogens with one attached hydrogen (secondary N) is 1. The number of hydrogen-bond donors (Lipinski definition) is 3. The molecule has 0 spiro atoms. The van der Waals surface area contributed by atoms with Gasteiger partial charge in [0.25, 0.3) is 0 Å². The summed E-state index contributed by atoms with van der Waals surface area (Å²) < 4.78 is 37.3. The fourth-order valence-electron chi connectivity index (χ4n) is 2.02. The molecule has 0 aliphatic rings. The minimum absolute atomic E-state index is 0.0398. The molecule has 0 atom stereocenters. The first-order chi connectivity index (χ1) is 12.8. The Morgan fingerprint density at radius 1 is 0.926 bits per heavy atom. The lowest BCUT2D eigenvalue weighted by molar-refractivity contribution is -0.159. The summed E-state index contributed by atoms with van der Waals surface area (Å²) >= 11 is 0. The Balaban J connectivity index is 0.000000527. The van der Waals surface area contributed by atoms with Gasteiger partial charge in [0.2, 0.25) is 0 Å². The molecule has 27 heavy (non-hydrogen) atoms. The second-order valence-electron chi connectivity index (χ2n) is 5.10. The molecule has 0 fully saturated rings. The molecule has 0 unspecified atom stereocenters. The first-order valence-electron chi connectivity index (χ1n) is 7.60. The number of carbonyl (C=O) groups is 2. The summed E-state index contributed by atoms with van der Waals surface area (Å²) in [6, 6.07) is 9.32. The first-order valence-corrected chi connectivity index (χ1v) is 7.60. The highest BCUT2D eigenvalue weighted by Crippen LogP contribution is 2.27. The average molecular weight is 383 g/mol. The van der Waals surface area contributed by atoms with E-state index in [0.29, 0.717) is 18.0 Å². The predicted octanol–water partition coefficient (Wildman–Crippen LogP) is 2.43. The van der Waals surface area contributed by atoms with Crippen molar-refractivity contribution in [2.45, 2.75) is 13.1 Å². The van der Waals surface area contributed by atoms with Gasteiger partial charge in [-0.2, -0.15) is 0 Å². The van der Waals surface area contributed by atoms with Gasteiger partial charge in [0.1, 0.15) is 11.6 Å². The summed E-state index contributed by atoms with van der Waals surface area (Å²) in [5, 5.41) is 17.8. The van der Waals surface area contributed by atoms with Gasteiger partial charge in [0, 0.05) is 18.7 Å². The normalized spacial score (nSPS) is 9.78. The van der Waals surface area contributed by atoms with Crippen molar-refractivity contribution >= 4 is 11.9 Å². The van der Waals surface area contributed by atoms with Crippen molar-refractivity contribution in [2.75, 3.05) is 14.2 Å². The highest BCUT2D eigenvalue weighted by molar-refractivity contribution is 6.27. The van der Waals surface area contributed by atoms with Gasteiger partial charge in [0.15, 0.2) is 11.5 Å². The predicted molar refractivity (Wildman–Crippen MR) is 91.7 cm³/mol. The number of ether oxygens (including phenoxy) is 2. The standard InChI is InChI=1S/C16H17F2NO2.C2H2O4/c1-20-15-7-6-11(8-16(15)21-2)9-19-10-12-13(17)4-3-5-14(12)18;3-1(4)2(5)6/h3-8,19H,9-10H2,1-2H3;(H,3,4)(H,5,6). The maximum Gasteiger partial charge on any atom is 0.414 e. The Kier molecular flexibility index (Phi) is 8.67. The molecule has 0 saturated heterocycles. The van der Waals surface area contributed by atoms with Crippen LogP contribution in [0.15, 0.2) is 36.4 Å².